The Morgan fingerprint density at radius 3 is 2.55 bits per heavy atom. The zero-order chi connectivity index (χ0) is 15.4. The number of aromatic nitrogens is 2. The van der Waals surface area contributed by atoms with Crippen LogP contribution in [0.5, 0.6) is 0 Å². The molecule has 0 bridgehead atoms. The summed E-state index contributed by atoms with van der Waals surface area (Å²) in [7, 11) is 0. The van der Waals surface area contributed by atoms with E-state index in [2.05, 4.69) is 15.3 Å². The van der Waals surface area contributed by atoms with E-state index in [0.717, 1.165) is 22.4 Å². The topological polar surface area (TPSA) is 37.8 Å². The molecule has 1 aromatic carbocycles. The molecule has 0 spiro atoms. The monoisotopic (exact) mass is 293 g/mol. The van der Waals surface area contributed by atoms with Crippen molar-refractivity contribution in [2.24, 2.45) is 0 Å². The molecule has 1 N–H and O–H groups in total. The summed E-state index contributed by atoms with van der Waals surface area (Å²) in [5.74, 6) is -0.178. The van der Waals surface area contributed by atoms with Crippen molar-refractivity contribution in [2.75, 3.05) is 5.32 Å². The van der Waals surface area contributed by atoms with Gasteiger partial charge in [0.1, 0.15) is 5.82 Å². The predicted octanol–water partition coefficient (Wildman–Crippen LogP) is 4.20. The highest BCUT2D eigenvalue weighted by atomic mass is 19.1. The highest BCUT2D eigenvalue weighted by Gasteiger charge is 2.02. The van der Waals surface area contributed by atoms with E-state index in [0.29, 0.717) is 12.1 Å². The van der Waals surface area contributed by atoms with Gasteiger partial charge in [0.25, 0.3) is 0 Å². The van der Waals surface area contributed by atoms with Crippen LogP contribution in [0.4, 0.5) is 10.1 Å². The lowest BCUT2D eigenvalue weighted by molar-refractivity contribution is 0.616. The molecule has 110 valence electrons. The van der Waals surface area contributed by atoms with Crippen LogP contribution in [0, 0.1) is 12.7 Å². The fourth-order valence-corrected chi connectivity index (χ4v) is 2.19. The Kier molecular flexibility index (Phi) is 4.10. The zero-order valence-electron chi connectivity index (χ0n) is 12.3. The molecule has 22 heavy (non-hydrogen) atoms. The third kappa shape index (κ3) is 3.28. The smallest absolute Gasteiger partial charge is 0.126 e. The van der Waals surface area contributed by atoms with Crippen LogP contribution in [-0.2, 0) is 6.54 Å². The number of halogens is 1. The van der Waals surface area contributed by atoms with Gasteiger partial charge >= 0.3 is 0 Å². The lowest BCUT2D eigenvalue weighted by Gasteiger charge is -2.09. The largest absolute Gasteiger partial charge is 0.380 e. The Bertz CT molecular complexity index is 772. The van der Waals surface area contributed by atoms with Gasteiger partial charge in [0.15, 0.2) is 0 Å². The first-order chi connectivity index (χ1) is 10.7. The predicted molar refractivity (Wildman–Crippen MR) is 85.9 cm³/mol. The van der Waals surface area contributed by atoms with Gasteiger partial charge in [0, 0.05) is 36.9 Å². The number of rotatable bonds is 4. The molecule has 2 aromatic heterocycles. The molecule has 3 rings (SSSR count). The van der Waals surface area contributed by atoms with Crippen molar-refractivity contribution < 1.29 is 4.39 Å². The van der Waals surface area contributed by atoms with Crippen LogP contribution >= 0.6 is 0 Å². The lowest BCUT2D eigenvalue weighted by atomic mass is 10.1. The third-order valence-corrected chi connectivity index (χ3v) is 3.48. The molecule has 0 atom stereocenters. The number of hydrogen-bond acceptors (Lipinski definition) is 3. The van der Waals surface area contributed by atoms with Crippen molar-refractivity contribution in [1.82, 2.24) is 9.97 Å². The van der Waals surface area contributed by atoms with Crippen LogP contribution < -0.4 is 5.32 Å². The number of anilines is 1. The molecule has 0 saturated heterocycles. The molecule has 2 heterocycles. The molecule has 0 saturated carbocycles. The average molecular weight is 293 g/mol. The first-order valence-electron chi connectivity index (χ1n) is 7.07. The maximum Gasteiger partial charge on any atom is 0.126 e. The Balaban J connectivity index is 1.74. The molecule has 0 fully saturated rings. The maximum atomic E-state index is 13.5. The average Bonchev–Trinajstić information content (AvgIpc) is 2.57. The van der Waals surface area contributed by atoms with Gasteiger partial charge in [0.2, 0.25) is 0 Å². The number of nitrogens with zero attached hydrogens (tertiary/aromatic N) is 2. The summed E-state index contributed by atoms with van der Waals surface area (Å²) in [4.78, 5) is 8.26. The first kappa shape index (κ1) is 14.2. The molecule has 0 aliphatic rings. The number of hydrogen-bond donors (Lipinski definition) is 1. The standard InChI is InChI=1S/C18H16FN3/c1-13-2-3-14(8-18(13)19)10-22-17-9-16(11-21-12-17)15-4-6-20-7-5-15/h2-9,11-12,22H,10H2,1H3. The molecule has 4 heteroatoms. The van der Waals surface area contributed by atoms with Crippen molar-refractivity contribution in [2.45, 2.75) is 13.5 Å². The van der Waals surface area contributed by atoms with Crippen molar-refractivity contribution >= 4 is 5.69 Å². The van der Waals surface area contributed by atoms with E-state index >= 15 is 0 Å². The molecule has 0 unspecified atom stereocenters. The Morgan fingerprint density at radius 2 is 1.77 bits per heavy atom. The van der Waals surface area contributed by atoms with Crippen molar-refractivity contribution in [3.63, 3.8) is 0 Å². The Hall–Kier alpha value is -2.75. The van der Waals surface area contributed by atoms with Crippen LogP contribution in [-0.4, -0.2) is 9.97 Å². The molecular formula is C18H16FN3. The van der Waals surface area contributed by atoms with Crippen molar-refractivity contribution in [3.8, 4) is 11.1 Å². The van der Waals surface area contributed by atoms with Gasteiger partial charge in [-0.25, -0.2) is 4.39 Å². The van der Waals surface area contributed by atoms with E-state index in [1.54, 1.807) is 37.6 Å². The Labute approximate surface area is 128 Å². The molecule has 0 radical (unpaired) electrons. The summed E-state index contributed by atoms with van der Waals surface area (Å²) in [5, 5.41) is 3.27. The normalized spacial score (nSPS) is 10.5. The highest BCUT2D eigenvalue weighted by molar-refractivity contribution is 5.66. The van der Waals surface area contributed by atoms with Crippen LogP contribution in [0.3, 0.4) is 0 Å². The molecule has 0 amide bonds. The van der Waals surface area contributed by atoms with Gasteiger partial charge in [-0.1, -0.05) is 12.1 Å². The quantitative estimate of drug-likeness (QED) is 0.783. The molecule has 3 aromatic rings. The van der Waals surface area contributed by atoms with E-state index in [4.69, 9.17) is 0 Å². The van der Waals surface area contributed by atoms with Gasteiger partial charge in [-0.05, 0) is 47.9 Å². The summed E-state index contributed by atoms with van der Waals surface area (Å²) in [6.07, 6.45) is 7.08. The molecular weight excluding hydrogens is 277 g/mol. The summed E-state index contributed by atoms with van der Waals surface area (Å²) in [5.41, 5.74) is 4.54. The van der Waals surface area contributed by atoms with Crippen molar-refractivity contribution in [3.05, 3.63) is 78.1 Å². The second-order valence-corrected chi connectivity index (χ2v) is 5.14. The second-order valence-electron chi connectivity index (χ2n) is 5.14. The van der Waals surface area contributed by atoms with E-state index in [9.17, 15) is 4.39 Å². The second kappa shape index (κ2) is 6.35. The number of pyridine rings is 2. The summed E-state index contributed by atoms with van der Waals surface area (Å²) in [6, 6.07) is 11.2. The Morgan fingerprint density at radius 1 is 0.955 bits per heavy atom. The minimum absolute atomic E-state index is 0.178. The summed E-state index contributed by atoms with van der Waals surface area (Å²) < 4.78 is 13.5. The zero-order valence-corrected chi connectivity index (χ0v) is 12.3. The minimum atomic E-state index is -0.178. The number of benzene rings is 1. The molecule has 0 aliphatic heterocycles. The van der Waals surface area contributed by atoms with E-state index in [1.807, 2.05) is 30.5 Å². The first-order valence-corrected chi connectivity index (χ1v) is 7.07. The number of aryl methyl sites for hydroxylation is 1. The van der Waals surface area contributed by atoms with Crippen LogP contribution in [0.2, 0.25) is 0 Å². The van der Waals surface area contributed by atoms with E-state index < -0.39 is 0 Å². The van der Waals surface area contributed by atoms with Crippen LogP contribution in [0.15, 0.2) is 61.2 Å². The van der Waals surface area contributed by atoms with Gasteiger partial charge < -0.3 is 5.32 Å². The van der Waals surface area contributed by atoms with Crippen molar-refractivity contribution in [1.29, 1.82) is 0 Å². The molecule has 0 aliphatic carbocycles. The molecule has 3 nitrogen and oxygen atoms in total. The minimum Gasteiger partial charge on any atom is -0.380 e. The fraction of sp³-hybridized carbons (Fsp3) is 0.111. The van der Waals surface area contributed by atoms with Crippen LogP contribution in [0.25, 0.3) is 11.1 Å². The van der Waals surface area contributed by atoms with Gasteiger partial charge in [-0.3, -0.25) is 9.97 Å². The van der Waals surface area contributed by atoms with Gasteiger partial charge in [-0.15, -0.1) is 0 Å². The van der Waals surface area contributed by atoms with Gasteiger partial charge in [0.05, 0.1) is 5.69 Å². The summed E-state index contributed by atoms with van der Waals surface area (Å²) >= 11 is 0. The van der Waals surface area contributed by atoms with E-state index in [-0.39, 0.29) is 5.82 Å². The SMILES string of the molecule is Cc1ccc(CNc2cncc(-c3ccncc3)c2)cc1F. The highest BCUT2D eigenvalue weighted by Crippen LogP contribution is 2.21. The van der Waals surface area contributed by atoms with Crippen LogP contribution in [0.1, 0.15) is 11.1 Å². The maximum absolute atomic E-state index is 13.5. The fourth-order valence-electron chi connectivity index (χ4n) is 2.19. The number of nitrogens with one attached hydrogen (secondary N) is 1. The van der Waals surface area contributed by atoms with E-state index in [1.165, 1.54) is 0 Å². The lowest BCUT2D eigenvalue weighted by Crippen LogP contribution is -2.01. The summed E-state index contributed by atoms with van der Waals surface area (Å²) in [6.45, 7) is 2.31. The van der Waals surface area contributed by atoms with Gasteiger partial charge in [-0.2, -0.15) is 0 Å². The third-order valence-electron chi connectivity index (χ3n) is 3.48.